The maximum absolute atomic E-state index is 12.3. The minimum Gasteiger partial charge on any atom is -0.352 e. The average Bonchev–Trinajstić information content (AvgIpc) is 3.24. The molecule has 4 heteroatoms. The zero-order chi connectivity index (χ0) is 13.7. The number of hydrogen-bond donors (Lipinski definition) is 1. The van der Waals surface area contributed by atoms with E-state index in [9.17, 15) is 4.79 Å². The minimum atomic E-state index is -0.0947. The molecule has 1 N–H and O–H groups in total. The maximum atomic E-state index is 12.3. The summed E-state index contributed by atoms with van der Waals surface area (Å²) in [5, 5.41) is 11.9. The molecule has 1 amide bonds. The molecule has 1 atom stereocenters. The van der Waals surface area contributed by atoms with E-state index in [1.54, 1.807) is 0 Å². The first kappa shape index (κ1) is 14.3. The molecular weight excluding hydrogens is 238 g/mol. The Balaban J connectivity index is 1.83. The average molecular weight is 263 g/mol. The lowest BCUT2D eigenvalue weighted by Crippen LogP contribution is -2.49. The monoisotopic (exact) mass is 263 g/mol. The van der Waals surface area contributed by atoms with Gasteiger partial charge in [0, 0.05) is 25.0 Å². The fourth-order valence-electron chi connectivity index (χ4n) is 3.00. The lowest BCUT2D eigenvalue weighted by atomic mass is 9.95. The zero-order valence-corrected chi connectivity index (χ0v) is 11.9. The van der Waals surface area contributed by atoms with Crippen LogP contribution in [-0.2, 0) is 4.79 Å². The summed E-state index contributed by atoms with van der Waals surface area (Å²) in [6, 6.07) is 2.99. The van der Waals surface area contributed by atoms with Crippen LogP contribution in [0.3, 0.4) is 0 Å². The quantitative estimate of drug-likeness (QED) is 0.799. The van der Waals surface area contributed by atoms with Crippen molar-refractivity contribution in [1.29, 1.82) is 5.26 Å². The molecule has 2 saturated carbocycles. The van der Waals surface area contributed by atoms with E-state index in [0.717, 1.165) is 19.4 Å². The number of carbonyl (C=O) groups is 1. The Hall–Kier alpha value is -1.08. The molecule has 0 radical (unpaired) electrons. The van der Waals surface area contributed by atoms with E-state index >= 15 is 0 Å². The first-order valence-corrected chi connectivity index (χ1v) is 7.65. The second-order valence-corrected chi connectivity index (χ2v) is 5.90. The van der Waals surface area contributed by atoms with Crippen LogP contribution >= 0.6 is 0 Å². The molecule has 2 rings (SSSR count). The van der Waals surface area contributed by atoms with E-state index in [4.69, 9.17) is 5.26 Å². The van der Waals surface area contributed by atoms with Crippen molar-refractivity contribution < 1.29 is 4.79 Å². The van der Waals surface area contributed by atoms with E-state index in [1.165, 1.54) is 32.1 Å². The third-order valence-electron chi connectivity index (χ3n) is 4.33. The number of hydrogen-bond acceptors (Lipinski definition) is 3. The number of carbonyl (C=O) groups excluding carboxylic acids is 1. The predicted octanol–water partition coefficient (Wildman–Crippen LogP) is 2.20. The van der Waals surface area contributed by atoms with Crippen LogP contribution in [0.25, 0.3) is 0 Å². The van der Waals surface area contributed by atoms with Crippen molar-refractivity contribution in [2.45, 2.75) is 76.4 Å². The Labute approximate surface area is 116 Å². The Morgan fingerprint density at radius 3 is 2.58 bits per heavy atom. The standard InChI is InChI=1S/C15H25N3O/c1-12(18(11-5-10-16)14-8-9-14)15(19)17-13-6-3-2-4-7-13/h12-14H,2-9,11H2,1H3,(H,17,19). The molecule has 2 aliphatic rings. The molecule has 106 valence electrons. The summed E-state index contributed by atoms with van der Waals surface area (Å²) in [7, 11) is 0. The highest BCUT2D eigenvalue weighted by Gasteiger charge is 2.35. The first-order valence-electron chi connectivity index (χ1n) is 7.65. The molecule has 0 heterocycles. The van der Waals surface area contributed by atoms with Gasteiger partial charge in [0.25, 0.3) is 0 Å². The highest BCUT2D eigenvalue weighted by Crippen LogP contribution is 2.29. The summed E-state index contributed by atoms with van der Waals surface area (Å²) in [5.41, 5.74) is 0. The van der Waals surface area contributed by atoms with Crippen LogP contribution in [0, 0.1) is 11.3 Å². The molecule has 0 bridgehead atoms. The van der Waals surface area contributed by atoms with Crippen LogP contribution in [0.4, 0.5) is 0 Å². The Bertz CT molecular complexity index is 340. The van der Waals surface area contributed by atoms with Gasteiger partial charge in [-0.2, -0.15) is 5.26 Å². The van der Waals surface area contributed by atoms with Crippen LogP contribution < -0.4 is 5.32 Å². The normalized spacial score (nSPS) is 21.9. The Morgan fingerprint density at radius 2 is 2.00 bits per heavy atom. The molecule has 0 aromatic carbocycles. The van der Waals surface area contributed by atoms with Gasteiger partial charge in [0.05, 0.1) is 12.1 Å². The number of nitrogens with zero attached hydrogens (tertiary/aromatic N) is 2. The van der Waals surface area contributed by atoms with Gasteiger partial charge in [0.1, 0.15) is 0 Å². The predicted molar refractivity (Wildman–Crippen MR) is 74.4 cm³/mol. The number of nitriles is 1. The summed E-state index contributed by atoms with van der Waals surface area (Å²) in [4.78, 5) is 14.5. The molecule has 2 aliphatic carbocycles. The van der Waals surface area contributed by atoms with Crippen LogP contribution in [0.2, 0.25) is 0 Å². The fourth-order valence-corrected chi connectivity index (χ4v) is 3.00. The molecule has 1 unspecified atom stereocenters. The molecule has 0 aromatic heterocycles. The third-order valence-corrected chi connectivity index (χ3v) is 4.33. The number of rotatable bonds is 6. The summed E-state index contributed by atoms with van der Waals surface area (Å²) in [6.07, 6.45) is 8.88. The highest BCUT2D eigenvalue weighted by atomic mass is 16.2. The van der Waals surface area contributed by atoms with Crippen LogP contribution in [-0.4, -0.2) is 35.5 Å². The van der Waals surface area contributed by atoms with Gasteiger partial charge in [-0.1, -0.05) is 19.3 Å². The lowest BCUT2D eigenvalue weighted by molar-refractivity contribution is -0.127. The Morgan fingerprint density at radius 1 is 1.32 bits per heavy atom. The van der Waals surface area contributed by atoms with Crippen LogP contribution in [0.15, 0.2) is 0 Å². The largest absolute Gasteiger partial charge is 0.352 e. The molecule has 0 aliphatic heterocycles. The van der Waals surface area contributed by atoms with Gasteiger partial charge >= 0.3 is 0 Å². The maximum Gasteiger partial charge on any atom is 0.237 e. The van der Waals surface area contributed by atoms with Crippen molar-refractivity contribution >= 4 is 5.91 Å². The minimum absolute atomic E-state index is 0.0947. The third kappa shape index (κ3) is 4.21. The van der Waals surface area contributed by atoms with Gasteiger partial charge in [-0.15, -0.1) is 0 Å². The highest BCUT2D eigenvalue weighted by molar-refractivity contribution is 5.81. The van der Waals surface area contributed by atoms with Gasteiger partial charge in [0.15, 0.2) is 0 Å². The summed E-state index contributed by atoms with van der Waals surface area (Å²) in [6.45, 7) is 2.70. The molecular formula is C15H25N3O. The number of nitrogens with one attached hydrogen (secondary N) is 1. The van der Waals surface area contributed by atoms with E-state index in [0.29, 0.717) is 18.5 Å². The van der Waals surface area contributed by atoms with E-state index in [1.807, 2.05) is 6.92 Å². The van der Waals surface area contributed by atoms with Gasteiger partial charge in [-0.25, -0.2) is 0 Å². The van der Waals surface area contributed by atoms with Gasteiger partial charge in [-0.3, -0.25) is 9.69 Å². The summed E-state index contributed by atoms with van der Waals surface area (Å²) >= 11 is 0. The van der Waals surface area contributed by atoms with Crippen molar-refractivity contribution in [3.8, 4) is 6.07 Å². The van der Waals surface area contributed by atoms with Crippen molar-refractivity contribution in [1.82, 2.24) is 10.2 Å². The summed E-state index contributed by atoms with van der Waals surface area (Å²) in [5.74, 6) is 0.150. The molecule has 2 fully saturated rings. The molecule has 0 aromatic rings. The van der Waals surface area contributed by atoms with Gasteiger partial charge in [0.2, 0.25) is 5.91 Å². The van der Waals surface area contributed by atoms with Gasteiger partial charge in [-0.05, 0) is 32.6 Å². The number of amides is 1. The van der Waals surface area contributed by atoms with E-state index in [-0.39, 0.29) is 11.9 Å². The summed E-state index contributed by atoms with van der Waals surface area (Å²) < 4.78 is 0. The molecule has 19 heavy (non-hydrogen) atoms. The van der Waals surface area contributed by atoms with Crippen molar-refractivity contribution in [2.75, 3.05) is 6.54 Å². The molecule has 0 saturated heterocycles. The van der Waals surface area contributed by atoms with Crippen molar-refractivity contribution in [2.24, 2.45) is 0 Å². The SMILES string of the molecule is CC(C(=O)NC1CCCCC1)N(CCC#N)C1CC1. The second kappa shape index (κ2) is 6.91. The second-order valence-electron chi connectivity index (χ2n) is 5.90. The zero-order valence-electron chi connectivity index (χ0n) is 11.9. The Kier molecular flexibility index (Phi) is 5.21. The van der Waals surface area contributed by atoms with Crippen molar-refractivity contribution in [3.63, 3.8) is 0 Å². The fraction of sp³-hybridized carbons (Fsp3) is 0.867. The van der Waals surface area contributed by atoms with Crippen LogP contribution in [0.1, 0.15) is 58.3 Å². The first-order chi connectivity index (χ1) is 9.22. The smallest absolute Gasteiger partial charge is 0.237 e. The molecule has 4 nitrogen and oxygen atoms in total. The lowest BCUT2D eigenvalue weighted by Gasteiger charge is -2.30. The topological polar surface area (TPSA) is 56.1 Å². The van der Waals surface area contributed by atoms with Crippen molar-refractivity contribution in [3.05, 3.63) is 0 Å². The van der Waals surface area contributed by atoms with E-state index in [2.05, 4.69) is 16.3 Å². The molecule has 0 spiro atoms. The van der Waals surface area contributed by atoms with E-state index < -0.39 is 0 Å². The van der Waals surface area contributed by atoms with Gasteiger partial charge < -0.3 is 5.32 Å². The van der Waals surface area contributed by atoms with Crippen LogP contribution in [0.5, 0.6) is 0 Å².